The number of halogens is 6. The Hall–Kier alpha value is -2.79. The summed E-state index contributed by atoms with van der Waals surface area (Å²) in [5.41, 5.74) is -0.516. The number of nitrogens with zero attached hydrogens (tertiary/aromatic N) is 1. The Balaban J connectivity index is 1.73. The molecule has 0 saturated carbocycles. The highest BCUT2D eigenvalue weighted by Gasteiger charge is 2.39. The zero-order chi connectivity index (χ0) is 27.5. The molecule has 2 aromatic rings. The van der Waals surface area contributed by atoms with Crippen LogP contribution in [0.25, 0.3) is 0 Å². The third-order valence-corrected chi connectivity index (χ3v) is 6.05. The fraction of sp³-hybridized carbons (Fsp3) is 0.500. The maximum Gasteiger partial charge on any atom is 0.422 e. The minimum Gasteiger partial charge on any atom is -0.443 e. The number of nitrogens with one attached hydrogen (secondary N) is 1. The molecule has 3 rings (SSSR count). The molecule has 1 fully saturated rings. The first kappa shape index (κ1) is 28.8. The first-order valence-electron chi connectivity index (χ1n) is 11.7. The Labute approximate surface area is 211 Å². The summed E-state index contributed by atoms with van der Waals surface area (Å²) in [5.74, 6) is 0. The summed E-state index contributed by atoms with van der Waals surface area (Å²) in [6, 6.07) is 10.8. The maximum atomic E-state index is 13.2. The van der Waals surface area contributed by atoms with Gasteiger partial charge in [-0.2, -0.15) is 26.3 Å². The third-order valence-electron chi connectivity index (χ3n) is 6.05. The molecular weight excluding hydrogens is 502 g/mol. The van der Waals surface area contributed by atoms with Gasteiger partial charge in [0.25, 0.3) is 0 Å². The van der Waals surface area contributed by atoms with Gasteiger partial charge < -0.3 is 9.47 Å². The van der Waals surface area contributed by atoms with Gasteiger partial charge in [0.1, 0.15) is 5.60 Å². The van der Waals surface area contributed by atoms with E-state index in [2.05, 4.69) is 5.43 Å². The monoisotopic (exact) mass is 532 g/mol. The lowest BCUT2D eigenvalue weighted by Crippen LogP contribution is -2.52. The van der Waals surface area contributed by atoms with Crippen LogP contribution in [0.4, 0.5) is 31.1 Å². The molecule has 0 spiro atoms. The van der Waals surface area contributed by atoms with E-state index in [0.29, 0.717) is 38.1 Å². The molecule has 0 atom stereocenters. The van der Waals surface area contributed by atoms with E-state index in [0.717, 1.165) is 5.56 Å². The SMILES string of the molecule is CC(C)(C)OC(=O)NN1CCC(COCc2cc(C(F)(F)F)cc(C(F)(F)F)c2)(c2ccccc2)CC1. The predicted octanol–water partition coefficient (Wildman–Crippen LogP) is 6.71. The zero-order valence-electron chi connectivity index (χ0n) is 20.8. The van der Waals surface area contributed by atoms with Crippen molar-refractivity contribution in [2.75, 3.05) is 19.7 Å². The summed E-state index contributed by atoms with van der Waals surface area (Å²) in [6.45, 7) is 5.81. The van der Waals surface area contributed by atoms with Crippen LogP contribution in [-0.4, -0.2) is 36.4 Å². The number of hydrazine groups is 1. The van der Waals surface area contributed by atoms with Crippen LogP contribution in [0.2, 0.25) is 0 Å². The molecule has 37 heavy (non-hydrogen) atoms. The Kier molecular flexibility index (Phi) is 8.48. The second-order valence-electron chi connectivity index (χ2n) is 10.2. The Morgan fingerprint density at radius 2 is 1.46 bits per heavy atom. The maximum absolute atomic E-state index is 13.2. The molecule has 0 radical (unpaired) electrons. The van der Waals surface area contributed by atoms with Gasteiger partial charge in [0, 0.05) is 18.5 Å². The number of alkyl halides is 6. The summed E-state index contributed by atoms with van der Waals surface area (Å²) >= 11 is 0. The fourth-order valence-electron chi connectivity index (χ4n) is 4.25. The molecule has 204 valence electrons. The lowest BCUT2D eigenvalue weighted by atomic mass is 9.73. The Bertz CT molecular complexity index is 1020. The summed E-state index contributed by atoms with van der Waals surface area (Å²) in [7, 11) is 0. The predicted molar refractivity (Wildman–Crippen MR) is 124 cm³/mol. The quantitative estimate of drug-likeness (QED) is 0.420. The number of carbonyl (C=O) groups is 1. The van der Waals surface area contributed by atoms with Gasteiger partial charge in [0.15, 0.2) is 0 Å². The molecule has 0 unspecified atom stereocenters. The molecule has 11 heteroatoms. The number of amides is 1. The normalized spacial score (nSPS) is 16.9. The van der Waals surface area contributed by atoms with E-state index in [9.17, 15) is 31.1 Å². The molecule has 5 nitrogen and oxygen atoms in total. The highest BCUT2D eigenvalue weighted by atomic mass is 19.4. The van der Waals surface area contributed by atoms with Crippen molar-refractivity contribution in [3.05, 3.63) is 70.8 Å². The minimum atomic E-state index is -4.92. The standard InChI is InChI=1S/C26H30F6N2O3/c1-23(2,3)37-22(35)33-34-11-9-24(10-12-34,19-7-5-4-6-8-19)17-36-16-18-13-20(25(27,28)29)15-21(14-18)26(30,31)32/h4-8,13-15H,9-12,16-17H2,1-3H3,(H,33,35). The summed E-state index contributed by atoms with van der Waals surface area (Å²) < 4.78 is 90.2. The summed E-state index contributed by atoms with van der Waals surface area (Å²) in [4.78, 5) is 12.1. The van der Waals surface area contributed by atoms with Crippen molar-refractivity contribution in [1.29, 1.82) is 0 Å². The molecule has 1 aliphatic heterocycles. The Morgan fingerprint density at radius 3 is 1.95 bits per heavy atom. The van der Waals surface area contributed by atoms with Gasteiger partial charge in [-0.25, -0.2) is 9.80 Å². The minimum absolute atomic E-state index is 0.0783. The van der Waals surface area contributed by atoms with E-state index in [1.54, 1.807) is 25.8 Å². The van der Waals surface area contributed by atoms with Gasteiger partial charge in [0.2, 0.25) is 0 Å². The zero-order valence-corrected chi connectivity index (χ0v) is 20.8. The van der Waals surface area contributed by atoms with Crippen molar-refractivity contribution < 1.29 is 40.6 Å². The van der Waals surface area contributed by atoms with E-state index in [1.165, 1.54) is 0 Å². The van der Waals surface area contributed by atoms with E-state index >= 15 is 0 Å². The molecule has 1 aliphatic rings. The van der Waals surface area contributed by atoms with Crippen molar-refractivity contribution in [1.82, 2.24) is 10.4 Å². The second kappa shape index (κ2) is 10.9. The molecule has 1 N–H and O–H groups in total. The number of benzene rings is 2. The molecule has 0 aliphatic carbocycles. The van der Waals surface area contributed by atoms with Gasteiger partial charge in [-0.05, 0) is 62.9 Å². The average molecular weight is 533 g/mol. The van der Waals surface area contributed by atoms with Crippen LogP contribution in [0.1, 0.15) is 55.9 Å². The van der Waals surface area contributed by atoms with Gasteiger partial charge >= 0.3 is 18.4 Å². The van der Waals surface area contributed by atoms with Crippen LogP contribution in [0, 0.1) is 0 Å². The smallest absolute Gasteiger partial charge is 0.422 e. The van der Waals surface area contributed by atoms with Gasteiger partial charge in [-0.15, -0.1) is 0 Å². The fourth-order valence-corrected chi connectivity index (χ4v) is 4.25. The number of hydrogen-bond donors (Lipinski definition) is 1. The highest BCUT2D eigenvalue weighted by Crippen LogP contribution is 2.38. The lowest BCUT2D eigenvalue weighted by Gasteiger charge is -2.42. The number of hydrogen-bond acceptors (Lipinski definition) is 4. The molecule has 1 heterocycles. The first-order chi connectivity index (χ1) is 17.1. The van der Waals surface area contributed by atoms with Crippen molar-refractivity contribution in [3.8, 4) is 0 Å². The largest absolute Gasteiger partial charge is 0.443 e. The first-order valence-corrected chi connectivity index (χ1v) is 11.7. The third kappa shape index (κ3) is 8.10. The topological polar surface area (TPSA) is 50.8 Å². The summed E-state index contributed by atoms with van der Waals surface area (Å²) in [6.07, 6.45) is -9.36. The van der Waals surface area contributed by atoms with Crippen LogP contribution >= 0.6 is 0 Å². The van der Waals surface area contributed by atoms with Crippen LogP contribution < -0.4 is 5.43 Å². The van der Waals surface area contributed by atoms with Crippen molar-refractivity contribution >= 4 is 6.09 Å². The molecule has 1 saturated heterocycles. The molecular formula is C26H30F6N2O3. The molecule has 0 bridgehead atoms. The highest BCUT2D eigenvalue weighted by molar-refractivity contribution is 5.67. The average Bonchev–Trinajstić information content (AvgIpc) is 2.78. The van der Waals surface area contributed by atoms with Crippen molar-refractivity contribution in [3.63, 3.8) is 0 Å². The van der Waals surface area contributed by atoms with E-state index < -0.39 is 47.2 Å². The van der Waals surface area contributed by atoms with Gasteiger partial charge in [0.05, 0.1) is 24.3 Å². The van der Waals surface area contributed by atoms with Crippen LogP contribution in [0.5, 0.6) is 0 Å². The molecule has 0 aromatic heterocycles. The van der Waals surface area contributed by atoms with E-state index in [1.807, 2.05) is 30.3 Å². The lowest BCUT2D eigenvalue weighted by molar-refractivity contribution is -0.143. The number of rotatable bonds is 6. The van der Waals surface area contributed by atoms with Crippen LogP contribution in [-0.2, 0) is 33.8 Å². The van der Waals surface area contributed by atoms with E-state index in [-0.39, 0.29) is 18.2 Å². The van der Waals surface area contributed by atoms with Crippen LogP contribution in [0.3, 0.4) is 0 Å². The number of ether oxygens (including phenoxy) is 2. The van der Waals surface area contributed by atoms with Crippen molar-refractivity contribution in [2.24, 2.45) is 0 Å². The molecule has 2 aromatic carbocycles. The van der Waals surface area contributed by atoms with E-state index in [4.69, 9.17) is 9.47 Å². The number of carbonyl (C=O) groups excluding carboxylic acids is 1. The van der Waals surface area contributed by atoms with Gasteiger partial charge in [-0.1, -0.05) is 30.3 Å². The van der Waals surface area contributed by atoms with Gasteiger partial charge in [-0.3, -0.25) is 5.43 Å². The molecule has 1 amide bonds. The van der Waals surface area contributed by atoms with Crippen LogP contribution in [0.15, 0.2) is 48.5 Å². The van der Waals surface area contributed by atoms with Crippen molar-refractivity contribution in [2.45, 2.75) is 63.6 Å². The Morgan fingerprint density at radius 1 is 0.919 bits per heavy atom. The second-order valence-corrected chi connectivity index (χ2v) is 10.2. The number of piperidine rings is 1. The summed E-state index contributed by atoms with van der Waals surface area (Å²) in [5, 5.41) is 1.72.